The van der Waals surface area contributed by atoms with E-state index in [1.54, 1.807) is 6.92 Å². The van der Waals surface area contributed by atoms with Gasteiger partial charge in [-0.15, -0.1) is 11.3 Å². The molecule has 1 aromatic rings. The second-order valence-corrected chi connectivity index (χ2v) is 7.04. The monoisotopic (exact) mass is 335 g/mol. The van der Waals surface area contributed by atoms with Gasteiger partial charge in [-0.2, -0.15) is 0 Å². The van der Waals surface area contributed by atoms with Crippen LogP contribution in [0.5, 0.6) is 0 Å². The van der Waals surface area contributed by atoms with Gasteiger partial charge in [-0.3, -0.25) is 4.79 Å². The molecule has 1 rings (SSSR count). The number of carbonyl (C=O) groups excluding carboxylic acids is 1. The molecule has 0 aliphatic rings. The first-order chi connectivity index (χ1) is 9.79. The Morgan fingerprint density at radius 2 is 2.14 bits per heavy atom. The Morgan fingerprint density at radius 1 is 1.48 bits per heavy atom. The van der Waals surface area contributed by atoms with Crippen LogP contribution in [0.25, 0.3) is 0 Å². The van der Waals surface area contributed by atoms with Gasteiger partial charge in [0.25, 0.3) is 0 Å². The zero-order valence-corrected chi connectivity index (χ0v) is 13.3. The van der Waals surface area contributed by atoms with Gasteiger partial charge in [0.1, 0.15) is 9.77 Å². The molecule has 0 aliphatic heterocycles. The number of hydrogen-bond donors (Lipinski definition) is 2. The Bertz CT molecular complexity index is 607. The second-order valence-electron chi connectivity index (χ2n) is 4.38. The average Bonchev–Trinajstić information content (AvgIpc) is 2.92. The van der Waals surface area contributed by atoms with Crippen molar-refractivity contribution in [2.45, 2.75) is 24.7 Å². The number of sulfonamides is 1. The van der Waals surface area contributed by atoms with Crippen molar-refractivity contribution >= 4 is 33.3 Å². The molecule has 1 heterocycles. The van der Waals surface area contributed by atoms with E-state index < -0.39 is 27.9 Å². The normalized spacial score (nSPS) is 12.9. The maximum Gasteiger partial charge on any atom is 0.349 e. The minimum atomic E-state index is -3.81. The van der Waals surface area contributed by atoms with Crippen molar-refractivity contribution in [3.05, 3.63) is 16.3 Å². The number of thiophene rings is 1. The van der Waals surface area contributed by atoms with Gasteiger partial charge < -0.3 is 9.84 Å². The number of nitrogens with one attached hydrogen (secondary N) is 1. The molecule has 9 heteroatoms. The SMILES string of the molecule is COC(=O)c1sccc1S(=O)(=O)NCCCC(C)C(=O)O. The highest BCUT2D eigenvalue weighted by Gasteiger charge is 2.24. The van der Waals surface area contributed by atoms with Crippen molar-refractivity contribution in [2.75, 3.05) is 13.7 Å². The Morgan fingerprint density at radius 3 is 2.71 bits per heavy atom. The number of methoxy groups -OCH3 is 1. The fourth-order valence-corrected chi connectivity index (χ4v) is 3.97. The summed E-state index contributed by atoms with van der Waals surface area (Å²) in [5.41, 5.74) is 0. The molecule has 21 heavy (non-hydrogen) atoms. The third kappa shape index (κ3) is 4.80. The standard InChI is InChI=1S/C12H17NO6S2/c1-8(11(14)15)4-3-6-13-21(17,18)9-5-7-20-10(9)12(16)19-2/h5,7-8,13H,3-4,6H2,1-2H3,(H,14,15). The molecule has 0 amide bonds. The van der Waals surface area contributed by atoms with E-state index in [9.17, 15) is 18.0 Å². The van der Waals surface area contributed by atoms with Gasteiger partial charge in [0.15, 0.2) is 0 Å². The molecular weight excluding hydrogens is 318 g/mol. The van der Waals surface area contributed by atoms with E-state index in [0.29, 0.717) is 12.8 Å². The predicted octanol–water partition coefficient (Wildman–Crippen LogP) is 1.31. The molecule has 1 atom stereocenters. The third-order valence-corrected chi connectivity index (χ3v) is 5.34. The smallest absolute Gasteiger partial charge is 0.349 e. The van der Waals surface area contributed by atoms with Crippen LogP contribution in [-0.4, -0.2) is 39.1 Å². The van der Waals surface area contributed by atoms with Crippen LogP contribution in [-0.2, 0) is 19.6 Å². The van der Waals surface area contributed by atoms with Crippen LogP contribution in [0, 0.1) is 5.92 Å². The molecule has 1 aromatic heterocycles. The van der Waals surface area contributed by atoms with E-state index in [-0.39, 0.29) is 16.3 Å². The number of rotatable bonds is 8. The Balaban J connectivity index is 2.65. The highest BCUT2D eigenvalue weighted by molar-refractivity contribution is 7.89. The Labute approximate surface area is 127 Å². The molecule has 2 N–H and O–H groups in total. The van der Waals surface area contributed by atoms with Crippen LogP contribution in [0.3, 0.4) is 0 Å². The highest BCUT2D eigenvalue weighted by Crippen LogP contribution is 2.22. The Kier molecular flexibility index (Phi) is 6.31. The van der Waals surface area contributed by atoms with E-state index in [2.05, 4.69) is 9.46 Å². The van der Waals surface area contributed by atoms with E-state index in [1.165, 1.54) is 18.6 Å². The first kappa shape index (κ1) is 17.6. The van der Waals surface area contributed by atoms with Crippen molar-refractivity contribution in [3.63, 3.8) is 0 Å². The van der Waals surface area contributed by atoms with Crippen molar-refractivity contribution in [2.24, 2.45) is 5.92 Å². The van der Waals surface area contributed by atoms with Gasteiger partial charge in [0.2, 0.25) is 10.0 Å². The number of carboxylic acid groups (broad SMARTS) is 1. The summed E-state index contributed by atoms with van der Waals surface area (Å²) in [6.45, 7) is 1.67. The maximum absolute atomic E-state index is 12.1. The van der Waals surface area contributed by atoms with Crippen LogP contribution in [0.1, 0.15) is 29.4 Å². The van der Waals surface area contributed by atoms with Crippen LogP contribution in [0.15, 0.2) is 16.3 Å². The average molecular weight is 335 g/mol. The molecule has 0 aromatic carbocycles. The van der Waals surface area contributed by atoms with Crippen molar-refractivity contribution in [1.29, 1.82) is 0 Å². The first-order valence-electron chi connectivity index (χ1n) is 6.18. The van der Waals surface area contributed by atoms with E-state index in [4.69, 9.17) is 5.11 Å². The zero-order valence-electron chi connectivity index (χ0n) is 11.7. The van der Waals surface area contributed by atoms with E-state index in [0.717, 1.165) is 11.3 Å². The summed E-state index contributed by atoms with van der Waals surface area (Å²) in [7, 11) is -2.63. The lowest BCUT2D eigenvalue weighted by Crippen LogP contribution is -2.26. The van der Waals surface area contributed by atoms with Gasteiger partial charge >= 0.3 is 11.9 Å². The van der Waals surface area contributed by atoms with Crippen LogP contribution < -0.4 is 4.72 Å². The quantitative estimate of drug-likeness (QED) is 0.547. The Hall–Kier alpha value is -1.45. The number of carboxylic acids is 1. The minimum Gasteiger partial charge on any atom is -0.481 e. The van der Waals surface area contributed by atoms with Crippen LogP contribution in [0.2, 0.25) is 0 Å². The fourth-order valence-electron chi connectivity index (χ4n) is 1.57. The maximum atomic E-state index is 12.1. The van der Waals surface area contributed by atoms with Crippen molar-refractivity contribution in [3.8, 4) is 0 Å². The molecule has 0 fully saturated rings. The summed E-state index contributed by atoms with van der Waals surface area (Å²) in [4.78, 5) is 22.0. The first-order valence-corrected chi connectivity index (χ1v) is 8.54. The van der Waals surface area contributed by atoms with Crippen LogP contribution >= 0.6 is 11.3 Å². The summed E-state index contributed by atoms with van der Waals surface area (Å²) in [5, 5.41) is 10.2. The summed E-state index contributed by atoms with van der Waals surface area (Å²) in [5.74, 6) is -2.14. The minimum absolute atomic E-state index is 0.0175. The molecule has 0 saturated heterocycles. The summed E-state index contributed by atoms with van der Waals surface area (Å²) < 4.78 is 31.1. The molecule has 0 spiro atoms. The molecule has 1 unspecified atom stereocenters. The predicted molar refractivity (Wildman–Crippen MR) is 76.9 cm³/mol. The molecule has 0 aliphatic carbocycles. The summed E-state index contributed by atoms with van der Waals surface area (Å²) in [6.07, 6.45) is 0.760. The van der Waals surface area contributed by atoms with Gasteiger partial charge in [0.05, 0.1) is 13.0 Å². The van der Waals surface area contributed by atoms with Crippen molar-refractivity contribution < 1.29 is 27.9 Å². The highest BCUT2D eigenvalue weighted by atomic mass is 32.2. The van der Waals surface area contributed by atoms with Gasteiger partial charge in [-0.05, 0) is 24.3 Å². The van der Waals surface area contributed by atoms with Crippen molar-refractivity contribution in [1.82, 2.24) is 4.72 Å². The molecule has 0 radical (unpaired) electrons. The number of aliphatic carboxylic acids is 1. The van der Waals surface area contributed by atoms with E-state index >= 15 is 0 Å². The van der Waals surface area contributed by atoms with Crippen LogP contribution in [0.4, 0.5) is 0 Å². The molecule has 118 valence electrons. The number of carbonyl (C=O) groups is 2. The second kappa shape index (κ2) is 7.53. The summed E-state index contributed by atoms with van der Waals surface area (Å²) in [6, 6.07) is 1.33. The van der Waals surface area contributed by atoms with Gasteiger partial charge in [0, 0.05) is 6.54 Å². The molecule has 0 saturated carbocycles. The number of ether oxygens (including phenoxy) is 1. The summed E-state index contributed by atoms with van der Waals surface area (Å²) >= 11 is 0.986. The van der Waals surface area contributed by atoms with E-state index in [1.807, 2.05) is 0 Å². The lowest BCUT2D eigenvalue weighted by Gasteiger charge is -2.08. The lowest BCUT2D eigenvalue weighted by atomic mass is 10.1. The molecule has 0 bridgehead atoms. The molecule has 7 nitrogen and oxygen atoms in total. The topological polar surface area (TPSA) is 110 Å². The van der Waals surface area contributed by atoms with Gasteiger partial charge in [-0.1, -0.05) is 6.92 Å². The lowest BCUT2D eigenvalue weighted by molar-refractivity contribution is -0.141. The number of hydrogen-bond acceptors (Lipinski definition) is 6. The third-order valence-electron chi connectivity index (χ3n) is 2.82. The largest absolute Gasteiger partial charge is 0.481 e. The zero-order chi connectivity index (χ0) is 16.0. The fraction of sp³-hybridized carbons (Fsp3) is 0.500. The number of esters is 1. The molecular formula is C12H17NO6S2. The van der Waals surface area contributed by atoms with Gasteiger partial charge in [-0.25, -0.2) is 17.9 Å².